The molecule has 0 unspecified atom stereocenters. The van der Waals surface area contributed by atoms with Gasteiger partial charge in [0, 0.05) is 32.0 Å². The molecule has 1 saturated carbocycles. The summed E-state index contributed by atoms with van der Waals surface area (Å²) in [7, 11) is 0. The molecule has 19 heavy (non-hydrogen) atoms. The predicted octanol–water partition coefficient (Wildman–Crippen LogP) is 3.38. The molecular formula is C17H23NO. The number of nitrogens with zero attached hydrogens (tertiary/aromatic N) is 1. The maximum Gasteiger partial charge on any atom is 0.135 e. The quantitative estimate of drug-likeness (QED) is 0.809. The predicted molar refractivity (Wildman–Crippen MR) is 77.3 cm³/mol. The summed E-state index contributed by atoms with van der Waals surface area (Å²) < 4.78 is 0. The first-order valence-electron chi connectivity index (χ1n) is 7.65. The van der Waals surface area contributed by atoms with Gasteiger partial charge in [0.25, 0.3) is 0 Å². The van der Waals surface area contributed by atoms with Crippen molar-refractivity contribution in [1.29, 1.82) is 0 Å². The fraction of sp³-hybridized carbons (Fsp3) is 0.588. The highest BCUT2D eigenvalue weighted by atomic mass is 16.1. The number of ketones is 1. The Kier molecular flexibility index (Phi) is 3.97. The van der Waals surface area contributed by atoms with Gasteiger partial charge < -0.3 is 0 Å². The normalized spacial score (nSPS) is 29.4. The number of benzene rings is 1. The van der Waals surface area contributed by atoms with Crippen molar-refractivity contribution in [2.75, 3.05) is 13.1 Å². The van der Waals surface area contributed by atoms with Crippen molar-refractivity contribution in [1.82, 2.24) is 4.90 Å². The highest BCUT2D eigenvalue weighted by Gasteiger charge is 2.32. The average molecular weight is 257 g/mol. The van der Waals surface area contributed by atoms with E-state index in [9.17, 15) is 4.79 Å². The first-order valence-corrected chi connectivity index (χ1v) is 7.65. The van der Waals surface area contributed by atoms with Crippen LogP contribution in [0.25, 0.3) is 0 Å². The van der Waals surface area contributed by atoms with Crippen LogP contribution in [0.5, 0.6) is 0 Å². The number of Topliss-reactive ketones (excluding diaryl/α,β-unsaturated/α-hetero) is 1. The van der Waals surface area contributed by atoms with E-state index in [0.29, 0.717) is 17.7 Å². The van der Waals surface area contributed by atoms with E-state index >= 15 is 0 Å². The van der Waals surface area contributed by atoms with Crippen molar-refractivity contribution in [2.24, 2.45) is 0 Å². The van der Waals surface area contributed by atoms with Crippen LogP contribution in [-0.4, -0.2) is 29.8 Å². The Balaban J connectivity index is 1.76. The van der Waals surface area contributed by atoms with Crippen LogP contribution in [0.3, 0.4) is 0 Å². The molecular weight excluding hydrogens is 234 g/mol. The van der Waals surface area contributed by atoms with Gasteiger partial charge in [-0.2, -0.15) is 0 Å². The monoisotopic (exact) mass is 257 g/mol. The van der Waals surface area contributed by atoms with Crippen molar-refractivity contribution in [2.45, 2.75) is 50.5 Å². The molecule has 1 aromatic carbocycles. The van der Waals surface area contributed by atoms with Crippen molar-refractivity contribution in [3.63, 3.8) is 0 Å². The molecule has 0 aromatic heterocycles. The zero-order chi connectivity index (χ0) is 13.1. The van der Waals surface area contributed by atoms with Crippen LogP contribution in [0.4, 0.5) is 0 Å². The molecule has 2 nitrogen and oxygen atoms in total. The van der Waals surface area contributed by atoms with Crippen molar-refractivity contribution in [3.8, 4) is 0 Å². The minimum absolute atomic E-state index is 0.448. The second-order valence-corrected chi connectivity index (χ2v) is 5.94. The summed E-state index contributed by atoms with van der Waals surface area (Å²) in [6, 6.07) is 11.6. The number of hydrogen-bond acceptors (Lipinski definition) is 2. The number of hydrogen-bond donors (Lipinski definition) is 0. The summed E-state index contributed by atoms with van der Waals surface area (Å²) in [5, 5.41) is 0. The Morgan fingerprint density at radius 3 is 2.37 bits per heavy atom. The summed E-state index contributed by atoms with van der Waals surface area (Å²) >= 11 is 0. The second-order valence-electron chi connectivity index (χ2n) is 5.94. The number of piperidine rings is 1. The lowest BCUT2D eigenvalue weighted by Gasteiger charge is -2.41. The summed E-state index contributed by atoms with van der Waals surface area (Å²) in [6.45, 7) is 1.96. The van der Waals surface area contributed by atoms with E-state index in [2.05, 4.69) is 35.2 Å². The molecule has 2 aliphatic rings. The minimum atomic E-state index is 0.448. The highest BCUT2D eigenvalue weighted by Crippen LogP contribution is 2.36. The molecule has 2 heteroatoms. The van der Waals surface area contributed by atoms with Gasteiger partial charge in [-0.3, -0.25) is 9.69 Å². The first-order chi connectivity index (χ1) is 9.34. The fourth-order valence-electron chi connectivity index (χ4n) is 3.74. The molecule has 1 saturated heterocycles. The van der Waals surface area contributed by atoms with Crippen molar-refractivity contribution >= 4 is 5.78 Å². The topological polar surface area (TPSA) is 20.3 Å². The summed E-state index contributed by atoms with van der Waals surface area (Å²) in [5.74, 6) is 1.12. The molecule has 0 radical (unpaired) electrons. The molecule has 0 N–H and O–H groups in total. The molecule has 0 bridgehead atoms. The molecule has 0 amide bonds. The van der Waals surface area contributed by atoms with Crippen molar-refractivity contribution in [3.05, 3.63) is 35.9 Å². The van der Waals surface area contributed by atoms with Crippen LogP contribution < -0.4 is 0 Å². The number of rotatable bonds is 2. The van der Waals surface area contributed by atoms with Crippen LogP contribution in [0.1, 0.15) is 50.0 Å². The Morgan fingerprint density at radius 2 is 1.63 bits per heavy atom. The Bertz CT molecular complexity index is 418. The van der Waals surface area contributed by atoms with Gasteiger partial charge in [-0.05, 0) is 24.3 Å². The highest BCUT2D eigenvalue weighted by molar-refractivity contribution is 5.79. The molecule has 1 aliphatic carbocycles. The molecule has 2 fully saturated rings. The Morgan fingerprint density at radius 1 is 0.947 bits per heavy atom. The van der Waals surface area contributed by atoms with E-state index in [4.69, 9.17) is 0 Å². The lowest BCUT2D eigenvalue weighted by Crippen LogP contribution is -2.45. The van der Waals surface area contributed by atoms with Gasteiger partial charge in [-0.15, -0.1) is 0 Å². The first kappa shape index (κ1) is 12.9. The van der Waals surface area contributed by atoms with Gasteiger partial charge in [0.05, 0.1) is 0 Å². The second kappa shape index (κ2) is 5.87. The molecule has 1 aliphatic heterocycles. The van der Waals surface area contributed by atoms with E-state index in [1.165, 1.54) is 31.2 Å². The summed E-state index contributed by atoms with van der Waals surface area (Å²) in [6.07, 6.45) is 6.82. The maximum atomic E-state index is 11.4. The van der Waals surface area contributed by atoms with Crippen LogP contribution >= 0.6 is 0 Å². The van der Waals surface area contributed by atoms with Gasteiger partial charge in [0.2, 0.25) is 0 Å². The Hall–Kier alpha value is -1.15. The van der Waals surface area contributed by atoms with E-state index in [1.807, 2.05) is 0 Å². The summed E-state index contributed by atoms with van der Waals surface area (Å²) in [4.78, 5) is 14.0. The van der Waals surface area contributed by atoms with Gasteiger partial charge in [0.15, 0.2) is 0 Å². The zero-order valence-corrected chi connectivity index (χ0v) is 11.6. The number of likely N-dealkylation sites (tertiary alicyclic amines) is 1. The van der Waals surface area contributed by atoms with Gasteiger partial charge >= 0.3 is 0 Å². The Labute approximate surface area is 115 Å². The van der Waals surface area contributed by atoms with E-state index in [-0.39, 0.29) is 0 Å². The third-order valence-corrected chi connectivity index (χ3v) is 4.78. The van der Waals surface area contributed by atoms with Crippen LogP contribution in [0, 0.1) is 0 Å². The standard InChI is InChI=1S/C17H23NO/c19-15-10-12-18(13-11-15)17-9-5-4-8-16(17)14-6-2-1-3-7-14/h1-3,6-7,16-17H,4-5,8-13H2/t16-,17-/m0/s1. The van der Waals surface area contributed by atoms with Gasteiger partial charge in [-0.25, -0.2) is 0 Å². The van der Waals surface area contributed by atoms with E-state index in [1.54, 1.807) is 0 Å². The van der Waals surface area contributed by atoms with Crippen LogP contribution in [0.2, 0.25) is 0 Å². The van der Waals surface area contributed by atoms with E-state index in [0.717, 1.165) is 25.9 Å². The largest absolute Gasteiger partial charge is 0.300 e. The van der Waals surface area contributed by atoms with Crippen LogP contribution in [0.15, 0.2) is 30.3 Å². The zero-order valence-electron chi connectivity index (χ0n) is 11.6. The molecule has 102 valence electrons. The smallest absolute Gasteiger partial charge is 0.135 e. The third kappa shape index (κ3) is 2.89. The molecule has 1 aromatic rings. The number of carbonyl (C=O) groups is 1. The lowest BCUT2D eigenvalue weighted by atomic mass is 9.78. The SMILES string of the molecule is O=C1CCN([C@H]2CCCC[C@H]2c2ccccc2)CC1. The van der Waals surface area contributed by atoms with Gasteiger partial charge in [-0.1, -0.05) is 43.2 Å². The molecule has 0 spiro atoms. The third-order valence-electron chi connectivity index (χ3n) is 4.78. The van der Waals surface area contributed by atoms with Crippen molar-refractivity contribution < 1.29 is 4.79 Å². The lowest BCUT2D eigenvalue weighted by molar-refractivity contribution is -0.122. The minimum Gasteiger partial charge on any atom is -0.300 e. The number of carbonyl (C=O) groups excluding carboxylic acids is 1. The summed E-state index contributed by atoms with van der Waals surface area (Å²) in [5.41, 5.74) is 1.49. The molecule has 1 heterocycles. The molecule has 2 atom stereocenters. The fourth-order valence-corrected chi connectivity index (χ4v) is 3.74. The van der Waals surface area contributed by atoms with Gasteiger partial charge in [0.1, 0.15) is 5.78 Å². The van der Waals surface area contributed by atoms with E-state index < -0.39 is 0 Å². The average Bonchev–Trinajstić information content (AvgIpc) is 2.49. The van der Waals surface area contributed by atoms with Crippen LogP contribution in [-0.2, 0) is 4.79 Å². The molecule has 3 rings (SSSR count). The maximum absolute atomic E-state index is 11.4.